The predicted molar refractivity (Wildman–Crippen MR) is 105 cm³/mol. The molecule has 0 spiro atoms. The number of para-hydroxylation sites is 1. The molecule has 29 heavy (non-hydrogen) atoms. The number of halogens is 4. The molecule has 0 bridgehead atoms. The minimum Gasteiger partial charge on any atom is -0.507 e. The van der Waals surface area contributed by atoms with Crippen molar-refractivity contribution in [2.45, 2.75) is 18.3 Å². The van der Waals surface area contributed by atoms with Gasteiger partial charge >= 0.3 is 6.18 Å². The number of nitrogens with zero attached hydrogens (tertiary/aromatic N) is 3. The number of hydrazone groups is 1. The van der Waals surface area contributed by atoms with Crippen molar-refractivity contribution < 1.29 is 23.4 Å². The standard InChI is InChI=1S/C19H13ClF3N3O2S/c20-12-7-5-11(6-8-12)15-10-29-17(24-15)26-18(28,19(21,22)23)9-14(25-26)13-3-1-2-4-16(13)27/h1-8,10,27-28H,9H2/t18-/m1/s1. The van der Waals surface area contributed by atoms with Crippen LogP contribution < -0.4 is 5.01 Å². The van der Waals surface area contributed by atoms with Crippen LogP contribution in [0.15, 0.2) is 59.0 Å². The summed E-state index contributed by atoms with van der Waals surface area (Å²) >= 11 is 6.78. The molecule has 3 aromatic rings. The summed E-state index contributed by atoms with van der Waals surface area (Å²) in [4.78, 5) is 4.22. The molecule has 2 heterocycles. The minimum atomic E-state index is -5.01. The first-order chi connectivity index (χ1) is 13.7. The molecular weight excluding hydrogens is 427 g/mol. The number of phenolic OH excluding ortho intramolecular Hbond substituents is 1. The van der Waals surface area contributed by atoms with E-state index >= 15 is 0 Å². The van der Waals surface area contributed by atoms with Gasteiger partial charge in [-0.1, -0.05) is 35.9 Å². The molecule has 4 rings (SSSR count). The molecule has 0 radical (unpaired) electrons. The zero-order chi connectivity index (χ0) is 20.8. The van der Waals surface area contributed by atoms with Gasteiger partial charge in [0, 0.05) is 21.5 Å². The van der Waals surface area contributed by atoms with E-state index in [1.807, 2.05) is 0 Å². The van der Waals surface area contributed by atoms with E-state index < -0.39 is 18.3 Å². The number of aliphatic hydroxyl groups is 1. The summed E-state index contributed by atoms with van der Waals surface area (Å²) in [6.45, 7) is 0. The Morgan fingerprint density at radius 3 is 2.45 bits per heavy atom. The van der Waals surface area contributed by atoms with E-state index in [2.05, 4.69) is 10.1 Å². The molecule has 10 heteroatoms. The molecule has 1 aliphatic rings. The van der Waals surface area contributed by atoms with E-state index in [9.17, 15) is 23.4 Å². The van der Waals surface area contributed by atoms with Crippen molar-refractivity contribution in [1.29, 1.82) is 0 Å². The Labute approximate surface area is 172 Å². The van der Waals surface area contributed by atoms with Crippen molar-refractivity contribution in [3.05, 3.63) is 64.5 Å². The summed E-state index contributed by atoms with van der Waals surface area (Å²) in [5, 5.41) is 26.9. The van der Waals surface area contributed by atoms with E-state index in [-0.39, 0.29) is 22.2 Å². The smallest absolute Gasteiger partial charge is 0.438 e. The van der Waals surface area contributed by atoms with Gasteiger partial charge in [-0.2, -0.15) is 23.3 Å². The lowest BCUT2D eigenvalue weighted by molar-refractivity contribution is -0.254. The molecular formula is C19H13ClF3N3O2S. The molecule has 150 valence electrons. The maximum Gasteiger partial charge on any atom is 0.438 e. The Morgan fingerprint density at radius 1 is 1.10 bits per heavy atom. The lowest BCUT2D eigenvalue weighted by Gasteiger charge is -2.32. The molecule has 0 saturated heterocycles. The van der Waals surface area contributed by atoms with Gasteiger partial charge in [0.1, 0.15) is 5.75 Å². The van der Waals surface area contributed by atoms with Crippen molar-refractivity contribution >= 4 is 33.8 Å². The molecule has 2 N–H and O–H groups in total. The van der Waals surface area contributed by atoms with E-state index in [1.165, 1.54) is 12.1 Å². The second-order valence-corrected chi connectivity index (χ2v) is 7.66. The Balaban J connectivity index is 1.77. The number of benzene rings is 2. The molecule has 0 aliphatic carbocycles. The topological polar surface area (TPSA) is 69.0 Å². The number of rotatable bonds is 3. The van der Waals surface area contributed by atoms with Gasteiger partial charge in [0.05, 0.1) is 17.8 Å². The highest BCUT2D eigenvalue weighted by Gasteiger charge is 2.62. The van der Waals surface area contributed by atoms with Gasteiger partial charge in [-0.3, -0.25) is 0 Å². The predicted octanol–water partition coefficient (Wildman–Crippen LogP) is 5.03. The van der Waals surface area contributed by atoms with E-state index in [1.54, 1.807) is 41.8 Å². The van der Waals surface area contributed by atoms with Crippen LogP contribution >= 0.6 is 22.9 Å². The highest BCUT2D eigenvalue weighted by Crippen LogP contribution is 2.45. The van der Waals surface area contributed by atoms with Crippen molar-refractivity contribution in [1.82, 2.24) is 4.98 Å². The SMILES string of the molecule is Oc1ccccc1C1=NN(c2nc(-c3ccc(Cl)cc3)cs2)[C@](O)(C(F)(F)F)C1. The largest absolute Gasteiger partial charge is 0.507 e. The second kappa shape index (κ2) is 7.01. The van der Waals surface area contributed by atoms with Gasteiger partial charge in [0.2, 0.25) is 5.13 Å². The third kappa shape index (κ3) is 3.45. The number of phenols is 1. The number of hydrogen-bond acceptors (Lipinski definition) is 6. The number of aromatic hydroxyl groups is 1. The molecule has 0 amide bonds. The van der Waals surface area contributed by atoms with Crippen LogP contribution in [0.3, 0.4) is 0 Å². The monoisotopic (exact) mass is 439 g/mol. The molecule has 1 aromatic heterocycles. The van der Waals surface area contributed by atoms with Gasteiger partial charge in [-0.05, 0) is 24.3 Å². The molecule has 1 aliphatic heterocycles. The van der Waals surface area contributed by atoms with Crippen LogP contribution in [0.2, 0.25) is 5.02 Å². The van der Waals surface area contributed by atoms with E-state index in [4.69, 9.17) is 11.6 Å². The highest BCUT2D eigenvalue weighted by atomic mass is 35.5. The first-order valence-corrected chi connectivity index (χ1v) is 9.61. The van der Waals surface area contributed by atoms with Crippen LogP contribution in [-0.4, -0.2) is 32.8 Å². The molecule has 0 fully saturated rings. The van der Waals surface area contributed by atoms with E-state index in [0.717, 1.165) is 11.3 Å². The third-order valence-electron chi connectivity index (χ3n) is 4.47. The zero-order valence-electron chi connectivity index (χ0n) is 14.6. The normalized spacial score (nSPS) is 19.5. The van der Waals surface area contributed by atoms with Gasteiger partial charge in [0.25, 0.3) is 5.72 Å². The van der Waals surface area contributed by atoms with Gasteiger partial charge in [0.15, 0.2) is 0 Å². The molecule has 0 unspecified atom stereocenters. The van der Waals surface area contributed by atoms with Crippen molar-refractivity contribution in [2.75, 3.05) is 5.01 Å². The fraction of sp³-hybridized carbons (Fsp3) is 0.158. The number of hydrogen-bond donors (Lipinski definition) is 2. The minimum absolute atomic E-state index is 0.0915. The summed E-state index contributed by atoms with van der Waals surface area (Å²) in [6, 6.07) is 12.6. The first-order valence-electron chi connectivity index (χ1n) is 8.36. The number of anilines is 1. The Kier molecular flexibility index (Phi) is 4.76. The van der Waals surface area contributed by atoms with Crippen LogP contribution in [0.25, 0.3) is 11.3 Å². The van der Waals surface area contributed by atoms with Crippen LogP contribution in [0, 0.1) is 0 Å². The lowest BCUT2D eigenvalue weighted by Crippen LogP contribution is -2.55. The molecule has 0 saturated carbocycles. The summed E-state index contributed by atoms with van der Waals surface area (Å²) in [5.41, 5.74) is -2.16. The maximum atomic E-state index is 13.8. The number of thiazole rings is 1. The Bertz CT molecular complexity index is 1080. The number of aromatic nitrogens is 1. The van der Waals surface area contributed by atoms with Crippen LogP contribution in [0.5, 0.6) is 5.75 Å². The zero-order valence-corrected chi connectivity index (χ0v) is 16.1. The van der Waals surface area contributed by atoms with Gasteiger partial charge in [-0.15, -0.1) is 11.3 Å². The quantitative estimate of drug-likeness (QED) is 0.600. The van der Waals surface area contributed by atoms with E-state index in [0.29, 0.717) is 21.3 Å². The Morgan fingerprint density at radius 2 is 1.79 bits per heavy atom. The fourth-order valence-corrected chi connectivity index (χ4v) is 3.92. The first kappa shape index (κ1) is 19.7. The Hall–Kier alpha value is -2.62. The molecule has 1 atom stereocenters. The van der Waals surface area contributed by atoms with Gasteiger partial charge in [-0.25, -0.2) is 4.98 Å². The lowest BCUT2D eigenvalue weighted by atomic mass is 10.0. The van der Waals surface area contributed by atoms with Crippen molar-refractivity contribution in [2.24, 2.45) is 5.10 Å². The van der Waals surface area contributed by atoms with Crippen LogP contribution in [0.4, 0.5) is 18.3 Å². The molecule has 2 aromatic carbocycles. The number of alkyl halides is 3. The average molecular weight is 440 g/mol. The summed E-state index contributed by atoms with van der Waals surface area (Å²) < 4.78 is 41.3. The van der Waals surface area contributed by atoms with Crippen molar-refractivity contribution in [3.63, 3.8) is 0 Å². The summed E-state index contributed by atoms with van der Waals surface area (Å²) in [5.74, 6) is -0.224. The van der Waals surface area contributed by atoms with Crippen LogP contribution in [0.1, 0.15) is 12.0 Å². The third-order valence-corrected chi connectivity index (χ3v) is 5.54. The highest BCUT2D eigenvalue weighted by molar-refractivity contribution is 7.14. The summed E-state index contributed by atoms with van der Waals surface area (Å²) in [7, 11) is 0. The van der Waals surface area contributed by atoms with Crippen LogP contribution in [-0.2, 0) is 0 Å². The molecule has 5 nitrogen and oxygen atoms in total. The van der Waals surface area contributed by atoms with Gasteiger partial charge < -0.3 is 10.2 Å². The maximum absolute atomic E-state index is 13.8. The fourth-order valence-electron chi connectivity index (χ4n) is 2.95. The second-order valence-electron chi connectivity index (χ2n) is 6.39. The van der Waals surface area contributed by atoms with Crippen molar-refractivity contribution in [3.8, 4) is 17.0 Å². The average Bonchev–Trinajstić information content (AvgIpc) is 3.28. The summed E-state index contributed by atoms with van der Waals surface area (Å²) in [6.07, 6.45) is -5.85.